The van der Waals surface area contributed by atoms with Gasteiger partial charge in [0.05, 0.1) is 21.1 Å². The van der Waals surface area contributed by atoms with Crippen LogP contribution >= 0.6 is 11.3 Å². The number of carbonyl (C=O) groups excluding carboxylic acids is 2. The molecule has 2 heterocycles. The molecule has 1 aromatic heterocycles. The Kier molecular flexibility index (Phi) is 6.32. The van der Waals surface area contributed by atoms with Crippen molar-refractivity contribution in [2.24, 2.45) is 5.92 Å². The normalized spacial score (nSPS) is 22.5. The number of allylic oxidation sites excluding steroid dienone is 2. The zero-order valence-corrected chi connectivity index (χ0v) is 19.3. The van der Waals surface area contributed by atoms with E-state index in [9.17, 15) is 9.59 Å². The number of ether oxygens (including phenoxy) is 1. The summed E-state index contributed by atoms with van der Waals surface area (Å²) in [7, 11) is 0. The van der Waals surface area contributed by atoms with E-state index in [1.54, 1.807) is 16.2 Å². The number of amides is 2. The Morgan fingerprint density at radius 2 is 1.84 bits per heavy atom. The maximum atomic E-state index is 13.2. The Morgan fingerprint density at radius 1 is 1.13 bits per heavy atom. The van der Waals surface area contributed by atoms with Crippen molar-refractivity contribution in [1.82, 2.24) is 15.2 Å². The van der Waals surface area contributed by atoms with Crippen LogP contribution in [0.1, 0.15) is 57.4 Å². The molecule has 1 N–H and O–H groups in total. The van der Waals surface area contributed by atoms with E-state index in [1.807, 2.05) is 39.0 Å². The fourth-order valence-electron chi connectivity index (χ4n) is 4.27. The summed E-state index contributed by atoms with van der Waals surface area (Å²) in [6.45, 7) is 6.83. The molecular weight excluding hydrogens is 410 g/mol. The molecule has 1 aliphatic heterocycles. The van der Waals surface area contributed by atoms with E-state index in [4.69, 9.17) is 9.72 Å². The van der Waals surface area contributed by atoms with Gasteiger partial charge in [-0.05, 0) is 58.6 Å². The lowest BCUT2D eigenvalue weighted by Crippen LogP contribution is -2.49. The van der Waals surface area contributed by atoms with Gasteiger partial charge in [0, 0.05) is 25.0 Å². The van der Waals surface area contributed by atoms with Gasteiger partial charge in [0.25, 0.3) is 0 Å². The summed E-state index contributed by atoms with van der Waals surface area (Å²) in [5.74, 6) is 0.114. The fraction of sp³-hybridized carbons (Fsp3) is 0.542. The summed E-state index contributed by atoms with van der Waals surface area (Å²) in [6.07, 6.45) is 7.08. The minimum atomic E-state index is -0.494. The second-order valence-electron chi connectivity index (χ2n) is 9.43. The summed E-state index contributed by atoms with van der Waals surface area (Å²) in [5, 5.41) is 4.30. The number of hydrogen-bond donors (Lipinski definition) is 1. The molecule has 1 saturated heterocycles. The molecule has 1 aromatic carbocycles. The van der Waals surface area contributed by atoms with Crippen LogP contribution in [0.15, 0.2) is 36.4 Å². The minimum absolute atomic E-state index is 0.0908. The minimum Gasteiger partial charge on any atom is -0.444 e. The van der Waals surface area contributed by atoms with E-state index in [2.05, 4.69) is 23.5 Å². The molecule has 0 bridgehead atoms. The molecule has 31 heavy (non-hydrogen) atoms. The Hall–Kier alpha value is -2.41. The SMILES string of the molecule is CC(C)(C)OC(=O)N1CCC(NC(=O)C2CC=CCC2c2nc3ccccc3s2)CC1. The summed E-state index contributed by atoms with van der Waals surface area (Å²) < 4.78 is 6.63. The number of nitrogens with zero attached hydrogens (tertiary/aromatic N) is 2. The van der Waals surface area contributed by atoms with Crippen LogP contribution in [0.2, 0.25) is 0 Å². The average molecular weight is 442 g/mol. The monoisotopic (exact) mass is 441 g/mol. The average Bonchev–Trinajstić information content (AvgIpc) is 3.17. The molecule has 4 rings (SSSR count). The van der Waals surface area contributed by atoms with E-state index in [0.29, 0.717) is 13.1 Å². The summed E-state index contributed by atoms with van der Waals surface area (Å²) >= 11 is 1.70. The highest BCUT2D eigenvalue weighted by Crippen LogP contribution is 2.38. The van der Waals surface area contributed by atoms with Crippen molar-refractivity contribution in [3.05, 3.63) is 41.4 Å². The smallest absolute Gasteiger partial charge is 0.410 e. The van der Waals surface area contributed by atoms with Crippen LogP contribution in [0.5, 0.6) is 0 Å². The van der Waals surface area contributed by atoms with Crippen molar-refractivity contribution in [3.8, 4) is 0 Å². The predicted molar refractivity (Wildman–Crippen MR) is 123 cm³/mol. The van der Waals surface area contributed by atoms with Gasteiger partial charge in [-0.3, -0.25) is 4.79 Å². The molecule has 0 saturated carbocycles. The number of aromatic nitrogens is 1. The fourth-order valence-corrected chi connectivity index (χ4v) is 5.41. The van der Waals surface area contributed by atoms with Crippen LogP contribution in [0, 0.1) is 5.92 Å². The van der Waals surface area contributed by atoms with E-state index >= 15 is 0 Å². The van der Waals surface area contributed by atoms with Crippen LogP contribution in [-0.4, -0.2) is 46.6 Å². The van der Waals surface area contributed by atoms with Crippen molar-refractivity contribution < 1.29 is 14.3 Å². The molecule has 2 atom stereocenters. The van der Waals surface area contributed by atoms with Gasteiger partial charge in [-0.2, -0.15) is 0 Å². The van der Waals surface area contributed by atoms with E-state index in [1.165, 1.54) is 4.70 Å². The zero-order chi connectivity index (χ0) is 22.0. The first kappa shape index (κ1) is 21.8. The molecule has 2 aliphatic rings. The maximum Gasteiger partial charge on any atom is 0.410 e. The summed E-state index contributed by atoms with van der Waals surface area (Å²) in [6, 6.07) is 8.23. The van der Waals surface area contributed by atoms with Gasteiger partial charge in [-0.15, -0.1) is 11.3 Å². The van der Waals surface area contributed by atoms with E-state index in [-0.39, 0.29) is 29.9 Å². The van der Waals surface area contributed by atoms with Gasteiger partial charge in [-0.25, -0.2) is 9.78 Å². The van der Waals surface area contributed by atoms with E-state index in [0.717, 1.165) is 36.2 Å². The number of thiazole rings is 1. The second kappa shape index (κ2) is 8.99. The number of rotatable bonds is 3. The first-order chi connectivity index (χ1) is 14.8. The molecule has 2 aromatic rings. The van der Waals surface area contributed by atoms with Gasteiger partial charge >= 0.3 is 6.09 Å². The molecule has 1 aliphatic carbocycles. The first-order valence-corrected chi connectivity index (χ1v) is 11.9. The van der Waals surface area contributed by atoms with Gasteiger partial charge in [-0.1, -0.05) is 24.3 Å². The number of carbonyl (C=O) groups is 2. The molecule has 0 radical (unpaired) electrons. The number of piperidine rings is 1. The first-order valence-electron chi connectivity index (χ1n) is 11.1. The molecule has 7 heteroatoms. The van der Waals surface area contributed by atoms with Crippen LogP contribution in [0.3, 0.4) is 0 Å². The highest BCUT2D eigenvalue weighted by atomic mass is 32.1. The van der Waals surface area contributed by atoms with Crippen LogP contribution < -0.4 is 5.32 Å². The molecule has 2 amide bonds. The van der Waals surface area contributed by atoms with Crippen LogP contribution in [-0.2, 0) is 9.53 Å². The maximum absolute atomic E-state index is 13.2. The van der Waals surface area contributed by atoms with Crippen molar-refractivity contribution >= 4 is 33.6 Å². The summed E-state index contributed by atoms with van der Waals surface area (Å²) in [5.41, 5.74) is 0.512. The van der Waals surface area contributed by atoms with E-state index < -0.39 is 5.60 Å². The van der Waals surface area contributed by atoms with Crippen LogP contribution in [0.25, 0.3) is 10.2 Å². The predicted octanol–water partition coefficient (Wildman–Crippen LogP) is 4.86. The molecular formula is C24H31N3O3S. The number of likely N-dealkylation sites (tertiary alicyclic amines) is 1. The van der Waals surface area contributed by atoms with Gasteiger partial charge in [0.1, 0.15) is 5.60 Å². The number of para-hydroxylation sites is 1. The highest BCUT2D eigenvalue weighted by Gasteiger charge is 2.34. The zero-order valence-electron chi connectivity index (χ0n) is 18.5. The number of benzene rings is 1. The third kappa shape index (κ3) is 5.26. The number of fused-ring (bicyclic) bond motifs is 1. The topological polar surface area (TPSA) is 71.5 Å². The van der Waals surface area contributed by atoms with Crippen molar-refractivity contribution in [1.29, 1.82) is 0 Å². The van der Waals surface area contributed by atoms with Crippen molar-refractivity contribution in [3.63, 3.8) is 0 Å². The molecule has 6 nitrogen and oxygen atoms in total. The quantitative estimate of drug-likeness (QED) is 0.691. The molecule has 1 fully saturated rings. The summed E-state index contributed by atoms with van der Waals surface area (Å²) in [4.78, 5) is 32.0. The van der Waals surface area contributed by atoms with Crippen molar-refractivity contribution in [2.75, 3.05) is 13.1 Å². The highest BCUT2D eigenvalue weighted by molar-refractivity contribution is 7.18. The Bertz CT molecular complexity index is 937. The van der Waals surface area contributed by atoms with Gasteiger partial charge < -0.3 is 15.0 Å². The Labute approximate surface area is 187 Å². The molecule has 0 spiro atoms. The largest absolute Gasteiger partial charge is 0.444 e. The lowest BCUT2D eigenvalue weighted by Gasteiger charge is -2.35. The Balaban J connectivity index is 1.36. The number of nitrogens with one attached hydrogen (secondary N) is 1. The van der Waals surface area contributed by atoms with Gasteiger partial charge in [0.2, 0.25) is 5.91 Å². The Morgan fingerprint density at radius 3 is 2.55 bits per heavy atom. The standard InChI is InChI=1S/C24H31N3O3S/c1-24(2,3)30-23(29)27-14-12-16(13-15-27)25-21(28)17-8-4-5-9-18(17)22-26-19-10-6-7-11-20(19)31-22/h4-7,10-11,16-18H,8-9,12-15H2,1-3H3,(H,25,28). The van der Waals surface area contributed by atoms with Gasteiger partial charge in [0.15, 0.2) is 0 Å². The molecule has 2 unspecified atom stereocenters. The third-order valence-corrected chi connectivity index (χ3v) is 7.06. The third-order valence-electron chi connectivity index (χ3n) is 5.89. The number of hydrogen-bond acceptors (Lipinski definition) is 5. The second-order valence-corrected chi connectivity index (χ2v) is 10.5. The molecule has 166 valence electrons. The lowest BCUT2D eigenvalue weighted by molar-refractivity contribution is -0.126. The van der Waals surface area contributed by atoms with Crippen LogP contribution in [0.4, 0.5) is 4.79 Å². The lowest BCUT2D eigenvalue weighted by atomic mass is 9.82. The van der Waals surface area contributed by atoms with Crippen molar-refractivity contribution in [2.45, 2.75) is 64.0 Å².